The molecule has 0 spiro atoms. The van der Waals surface area contributed by atoms with Crippen LogP contribution in [0.15, 0.2) is 22.7 Å². The van der Waals surface area contributed by atoms with E-state index in [1.165, 1.54) is 0 Å². The van der Waals surface area contributed by atoms with Crippen molar-refractivity contribution in [3.8, 4) is 0 Å². The lowest BCUT2D eigenvalue weighted by atomic mass is 9.95. The smallest absolute Gasteiger partial charge is 0.316 e. The topological polar surface area (TPSA) is 43.4 Å². The van der Waals surface area contributed by atoms with Crippen LogP contribution in [0.5, 0.6) is 0 Å². The van der Waals surface area contributed by atoms with Gasteiger partial charge < -0.3 is 4.74 Å². The Hall–Kier alpha value is -1.16. The first kappa shape index (κ1) is 14.9. The first-order valence-corrected chi connectivity index (χ1v) is 6.77. The van der Waals surface area contributed by atoms with Crippen LogP contribution in [0.25, 0.3) is 0 Å². The molecule has 1 rings (SSSR count). The Kier molecular flexibility index (Phi) is 5.54. The summed E-state index contributed by atoms with van der Waals surface area (Å²) in [6.45, 7) is 5.78. The van der Waals surface area contributed by atoms with Gasteiger partial charge in [-0.1, -0.05) is 35.0 Å². The molecule has 0 saturated carbocycles. The highest BCUT2D eigenvalue weighted by Crippen LogP contribution is 2.21. The molecule has 0 amide bonds. The number of hydrogen-bond acceptors (Lipinski definition) is 3. The molecule has 0 aliphatic heterocycles. The van der Waals surface area contributed by atoms with E-state index in [9.17, 15) is 9.59 Å². The van der Waals surface area contributed by atoms with Gasteiger partial charge in [0, 0.05) is 10.0 Å². The van der Waals surface area contributed by atoms with Crippen LogP contribution < -0.4 is 0 Å². The van der Waals surface area contributed by atoms with Crippen LogP contribution in [0.2, 0.25) is 0 Å². The molecule has 1 aromatic rings. The molecule has 18 heavy (non-hydrogen) atoms. The van der Waals surface area contributed by atoms with Gasteiger partial charge in [-0.3, -0.25) is 9.59 Å². The highest BCUT2D eigenvalue weighted by atomic mass is 79.9. The molecule has 1 aromatic carbocycles. The minimum Gasteiger partial charge on any atom is -0.465 e. The van der Waals surface area contributed by atoms with E-state index in [1.807, 2.05) is 19.9 Å². The molecule has 0 aliphatic rings. The summed E-state index contributed by atoms with van der Waals surface area (Å²) in [4.78, 5) is 23.9. The van der Waals surface area contributed by atoms with Crippen LogP contribution >= 0.6 is 15.9 Å². The third-order valence-corrected chi connectivity index (χ3v) is 3.61. The van der Waals surface area contributed by atoms with Crippen molar-refractivity contribution in [2.75, 3.05) is 6.61 Å². The molecule has 0 bridgehead atoms. The number of hydrogen-bond donors (Lipinski definition) is 0. The number of aryl methyl sites for hydroxylation is 1. The van der Waals surface area contributed by atoms with E-state index >= 15 is 0 Å². The SMILES string of the molecule is CCOC(=O)C(CC)C(=O)c1ccc(C)c(Br)c1. The number of Topliss-reactive ketones (excluding diaryl/α,β-unsaturated/α-hetero) is 1. The first-order chi connectivity index (χ1) is 8.51. The Labute approximate surface area is 116 Å². The number of benzene rings is 1. The van der Waals surface area contributed by atoms with E-state index < -0.39 is 11.9 Å². The fourth-order valence-electron chi connectivity index (χ4n) is 1.65. The lowest BCUT2D eigenvalue weighted by Gasteiger charge is -2.13. The van der Waals surface area contributed by atoms with Gasteiger partial charge >= 0.3 is 5.97 Å². The number of rotatable bonds is 5. The fraction of sp³-hybridized carbons (Fsp3) is 0.429. The van der Waals surface area contributed by atoms with Gasteiger partial charge in [0.25, 0.3) is 0 Å². The van der Waals surface area contributed by atoms with Crippen LogP contribution in [0, 0.1) is 12.8 Å². The molecular weight excluding hydrogens is 296 g/mol. The van der Waals surface area contributed by atoms with Gasteiger partial charge in [0.2, 0.25) is 0 Å². The lowest BCUT2D eigenvalue weighted by molar-refractivity contribution is -0.146. The van der Waals surface area contributed by atoms with E-state index in [2.05, 4.69) is 15.9 Å². The van der Waals surface area contributed by atoms with Crippen molar-refractivity contribution >= 4 is 27.7 Å². The minimum absolute atomic E-state index is 0.184. The number of carbonyl (C=O) groups excluding carboxylic acids is 2. The molecule has 1 atom stereocenters. The van der Waals surface area contributed by atoms with E-state index in [1.54, 1.807) is 19.1 Å². The van der Waals surface area contributed by atoms with E-state index in [0.29, 0.717) is 18.6 Å². The van der Waals surface area contributed by atoms with Gasteiger partial charge in [-0.2, -0.15) is 0 Å². The van der Waals surface area contributed by atoms with Crippen molar-refractivity contribution < 1.29 is 14.3 Å². The van der Waals surface area contributed by atoms with Crippen molar-refractivity contribution in [1.82, 2.24) is 0 Å². The summed E-state index contributed by atoms with van der Waals surface area (Å²) in [6, 6.07) is 5.35. The van der Waals surface area contributed by atoms with Crippen molar-refractivity contribution in [3.05, 3.63) is 33.8 Å². The molecule has 3 nitrogen and oxygen atoms in total. The summed E-state index contributed by atoms with van der Waals surface area (Å²) in [7, 11) is 0. The molecule has 0 aromatic heterocycles. The molecule has 0 radical (unpaired) electrons. The highest BCUT2D eigenvalue weighted by molar-refractivity contribution is 9.10. The summed E-state index contributed by atoms with van der Waals surface area (Å²) in [5.74, 6) is -1.34. The molecule has 0 aliphatic carbocycles. The van der Waals surface area contributed by atoms with E-state index in [0.717, 1.165) is 10.0 Å². The largest absolute Gasteiger partial charge is 0.465 e. The molecule has 0 fully saturated rings. The Morgan fingerprint density at radius 2 is 2.00 bits per heavy atom. The summed E-state index contributed by atoms with van der Waals surface area (Å²) < 4.78 is 5.79. The monoisotopic (exact) mass is 312 g/mol. The third kappa shape index (κ3) is 3.42. The van der Waals surface area contributed by atoms with Gasteiger partial charge in [0.15, 0.2) is 5.78 Å². The maximum atomic E-state index is 12.2. The van der Waals surface area contributed by atoms with Crippen LogP contribution in [-0.2, 0) is 9.53 Å². The van der Waals surface area contributed by atoms with Crippen molar-refractivity contribution in [3.63, 3.8) is 0 Å². The molecular formula is C14H17BrO3. The Balaban J connectivity index is 2.96. The molecule has 0 heterocycles. The van der Waals surface area contributed by atoms with Crippen molar-refractivity contribution in [2.24, 2.45) is 5.92 Å². The zero-order valence-corrected chi connectivity index (χ0v) is 12.4. The molecule has 98 valence electrons. The molecule has 1 unspecified atom stereocenters. The molecule has 4 heteroatoms. The van der Waals surface area contributed by atoms with Crippen molar-refractivity contribution in [2.45, 2.75) is 27.2 Å². The number of ketones is 1. The highest BCUT2D eigenvalue weighted by Gasteiger charge is 2.27. The summed E-state index contributed by atoms with van der Waals surface area (Å²) >= 11 is 3.38. The molecule has 0 saturated heterocycles. The first-order valence-electron chi connectivity index (χ1n) is 5.98. The van der Waals surface area contributed by atoms with Gasteiger partial charge in [-0.05, 0) is 31.9 Å². The summed E-state index contributed by atoms with van der Waals surface area (Å²) in [5.41, 5.74) is 1.59. The van der Waals surface area contributed by atoms with Crippen molar-refractivity contribution in [1.29, 1.82) is 0 Å². The predicted octanol–water partition coefficient (Wildman–Crippen LogP) is 3.53. The quantitative estimate of drug-likeness (QED) is 0.474. The maximum absolute atomic E-state index is 12.2. The average Bonchev–Trinajstić information content (AvgIpc) is 2.33. The Bertz CT molecular complexity index is 454. The van der Waals surface area contributed by atoms with Crippen LogP contribution in [0.1, 0.15) is 36.2 Å². The van der Waals surface area contributed by atoms with Gasteiger partial charge in [0.1, 0.15) is 5.92 Å². The Morgan fingerprint density at radius 1 is 1.33 bits per heavy atom. The fourth-order valence-corrected chi connectivity index (χ4v) is 2.03. The van der Waals surface area contributed by atoms with E-state index in [-0.39, 0.29) is 5.78 Å². The van der Waals surface area contributed by atoms with E-state index in [4.69, 9.17) is 4.74 Å². The van der Waals surface area contributed by atoms with Crippen LogP contribution in [-0.4, -0.2) is 18.4 Å². The van der Waals surface area contributed by atoms with Gasteiger partial charge in [0.05, 0.1) is 6.61 Å². The third-order valence-electron chi connectivity index (χ3n) is 2.75. The average molecular weight is 313 g/mol. The predicted molar refractivity (Wildman–Crippen MR) is 73.6 cm³/mol. The van der Waals surface area contributed by atoms with Gasteiger partial charge in [-0.25, -0.2) is 0 Å². The normalized spacial score (nSPS) is 12.0. The summed E-state index contributed by atoms with van der Waals surface area (Å²) in [6.07, 6.45) is 0.448. The van der Waals surface area contributed by atoms with Crippen LogP contribution in [0.4, 0.5) is 0 Å². The van der Waals surface area contributed by atoms with Gasteiger partial charge in [-0.15, -0.1) is 0 Å². The summed E-state index contributed by atoms with van der Waals surface area (Å²) in [5, 5.41) is 0. The number of carbonyl (C=O) groups is 2. The minimum atomic E-state index is -0.709. The molecule has 0 N–H and O–H groups in total. The zero-order valence-electron chi connectivity index (χ0n) is 10.8. The standard InChI is InChI=1S/C14H17BrO3/c1-4-11(14(17)18-5-2)13(16)10-7-6-9(3)12(15)8-10/h6-8,11H,4-5H2,1-3H3. The number of ether oxygens (including phenoxy) is 1. The second-order valence-corrected chi connectivity index (χ2v) is 4.90. The maximum Gasteiger partial charge on any atom is 0.316 e. The number of esters is 1. The zero-order chi connectivity index (χ0) is 13.7. The second-order valence-electron chi connectivity index (χ2n) is 4.04. The second kappa shape index (κ2) is 6.69. The number of halogens is 1. The lowest BCUT2D eigenvalue weighted by Crippen LogP contribution is -2.25. The van der Waals surface area contributed by atoms with Crippen LogP contribution in [0.3, 0.4) is 0 Å². The Morgan fingerprint density at radius 3 is 2.50 bits per heavy atom.